The monoisotopic (exact) mass is 261 g/mol. The molecule has 0 amide bonds. The minimum Gasteiger partial charge on any atom is -0.491 e. The van der Waals surface area contributed by atoms with Crippen LogP contribution in [-0.4, -0.2) is 19.3 Å². The highest BCUT2D eigenvalue weighted by Crippen LogP contribution is 2.34. The molecule has 0 bridgehead atoms. The first-order valence-electron chi connectivity index (χ1n) is 7.46. The molecule has 2 unspecified atom stereocenters. The summed E-state index contributed by atoms with van der Waals surface area (Å²) in [6, 6.07) is 6.45. The standard InChI is InChI=1S/C16H23NO2/c17-15-8-3-7-14-13(15)6-4-9-16(14)19-11-12-5-1-2-10-18-12/h4,6,9,12,15H,1-3,5,7-8,10-11,17H2. The van der Waals surface area contributed by atoms with Crippen molar-refractivity contribution in [2.75, 3.05) is 13.2 Å². The Hall–Kier alpha value is -1.06. The maximum Gasteiger partial charge on any atom is 0.122 e. The summed E-state index contributed by atoms with van der Waals surface area (Å²) in [7, 11) is 0. The Bertz CT molecular complexity index is 427. The number of benzene rings is 1. The highest BCUT2D eigenvalue weighted by atomic mass is 16.5. The largest absolute Gasteiger partial charge is 0.491 e. The van der Waals surface area contributed by atoms with E-state index < -0.39 is 0 Å². The second-order valence-electron chi connectivity index (χ2n) is 5.62. The quantitative estimate of drug-likeness (QED) is 0.909. The van der Waals surface area contributed by atoms with Crippen LogP contribution < -0.4 is 10.5 Å². The van der Waals surface area contributed by atoms with Crippen molar-refractivity contribution < 1.29 is 9.47 Å². The Labute approximate surface area is 115 Å². The molecule has 1 fully saturated rings. The Morgan fingerprint density at radius 2 is 2.16 bits per heavy atom. The van der Waals surface area contributed by atoms with Gasteiger partial charge in [-0.3, -0.25) is 0 Å². The molecule has 2 N–H and O–H groups in total. The van der Waals surface area contributed by atoms with Gasteiger partial charge in [0, 0.05) is 12.6 Å². The molecular weight excluding hydrogens is 238 g/mol. The van der Waals surface area contributed by atoms with E-state index in [4.69, 9.17) is 15.2 Å². The molecule has 0 radical (unpaired) electrons. The number of ether oxygens (including phenoxy) is 2. The smallest absolute Gasteiger partial charge is 0.122 e. The van der Waals surface area contributed by atoms with Crippen molar-refractivity contribution in [3.63, 3.8) is 0 Å². The predicted molar refractivity (Wildman–Crippen MR) is 75.4 cm³/mol. The summed E-state index contributed by atoms with van der Waals surface area (Å²) in [4.78, 5) is 0. The van der Waals surface area contributed by atoms with Crippen molar-refractivity contribution in [2.45, 2.75) is 50.7 Å². The molecule has 1 aliphatic heterocycles. The van der Waals surface area contributed by atoms with Crippen LogP contribution >= 0.6 is 0 Å². The first-order chi connectivity index (χ1) is 9.34. The molecule has 0 saturated carbocycles. The molecule has 104 valence electrons. The number of rotatable bonds is 3. The molecule has 1 aromatic rings. The third kappa shape index (κ3) is 2.93. The molecular formula is C16H23NO2. The number of nitrogens with two attached hydrogens (primary N) is 1. The summed E-state index contributed by atoms with van der Waals surface area (Å²) in [6.45, 7) is 1.55. The molecule has 0 spiro atoms. The molecule has 2 aliphatic rings. The van der Waals surface area contributed by atoms with Gasteiger partial charge in [0.2, 0.25) is 0 Å². The summed E-state index contributed by atoms with van der Waals surface area (Å²) in [5.74, 6) is 1.02. The van der Waals surface area contributed by atoms with Crippen LogP contribution in [0.25, 0.3) is 0 Å². The molecule has 1 aromatic carbocycles. The third-order valence-electron chi connectivity index (χ3n) is 4.21. The topological polar surface area (TPSA) is 44.5 Å². The first-order valence-corrected chi connectivity index (χ1v) is 7.46. The lowest BCUT2D eigenvalue weighted by Crippen LogP contribution is -2.26. The lowest BCUT2D eigenvalue weighted by Gasteiger charge is -2.26. The van der Waals surface area contributed by atoms with Gasteiger partial charge >= 0.3 is 0 Å². The number of hydrogen-bond acceptors (Lipinski definition) is 3. The van der Waals surface area contributed by atoms with Crippen LogP contribution in [0.1, 0.15) is 49.3 Å². The normalized spacial score (nSPS) is 26.8. The van der Waals surface area contributed by atoms with Crippen LogP contribution in [0.2, 0.25) is 0 Å². The van der Waals surface area contributed by atoms with Crippen LogP contribution in [0.4, 0.5) is 0 Å². The lowest BCUT2D eigenvalue weighted by molar-refractivity contribution is -0.0112. The highest BCUT2D eigenvalue weighted by Gasteiger charge is 2.21. The minimum atomic E-state index is 0.179. The molecule has 1 saturated heterocycles. The van der Waals surface area contributed by atoms with Crippen molar-refractivity contribution in [3.8, 4) is 5.75 Å². The average Bonchev–Trinajstić information content (AvgIpc) is 2.47. The fourth-order valence-corrected chi connectivity index (χ4v) is 3.11. The minimum absolute atomic E-state index is 0.179. The summed E-state index contributed by atoms with van der Waals surface area (Å²) < 4.78 is 11.7. The van der Waals surface area contributed by atoms with E-state index in [0.29, 0.717) is 6.61 Å². The van der Waals surface area contributed by atoms with Crippen molar-refractivity contribution in [1.82, 2.24) is 0 Å². The zero-order valence-corrected chi connectivity index (χ0v) is 11.4. The second-order valence-corrected chi connectivity index (χ2v) is 5.62. The maximum absolute atomic E-state index is 6.17. The highest BCUT2D eigenvalue weighted by molar-refractivity contribution is 5.43. The van der Waals surface area contributed by atoms with E-state index in [9.17, 15) is 0 Å². The lowest BCUT2D eigenvalue weighted by atomic mass is 9.87. The average molecular weight is 261 g/mol. The predicted octanol–water partition coefficient (Wildman–Crippen LogP) is 2.97. The fourth-order valence-electron chi connectivity index (χ4n) is 3.11. The summed E-state index contributed by atoms with van der Waals surface area (Å²) >= 11 is 0. The van der Waals surface area contributed by atoms with Gasteiger partial charge in [0.05, 0.1) is 6.10 Å². The molecule has 3 rings (SSSR count). The molecule has 1 aliphatic carbocycles. The van der Waals surface area contributed by atoms with E-state index in [1.807, 2.05) is 0 Å². The van der Waals surface area contributed by atoms with Gasteiger partial charge in [-0.05, 0) is 55.7 Å². The molecule has 19 heavy (non-hydrogen) atoms. The van der Waals surface area contributed by atoms with Gasteiger partial charge < -0.3 is 15.2 Å². The SMILES string of the molecule is NC1CCCc2c(OCC3CCCCO3)cccc21. The van der Waals surface area contributed by atoms with Gasteiger partial charge in [-0.2, -0.15) is 0 Å². The maximum atomic E-state index is 6.17. The van der Waals surface area contributed by atoms with Gasteiger partial charge in [-0.15, -0.1) is 0 Å². The zero-order valence-electron chi connectivity index (χ0n) is 11.4. The van der Waals surface area contributed by atoms with Gasteiger partial charge in [0.15, 0.2) is 0 Å². The van der Waals surface area contributed by atoms with Gasteiger partial charge in [0.1, 0.15) is 12.4 Å². The first kappa shape index (κ1) is 12.9. The van der Waals surface area contributed by atoms with Crippen LogP contribution in [0.15, 0.2) is 18.2 Å². The van der Waals surface area contributed by atoms with Crippen LogP contribution in [-0.2, 0) is 11.2 Å². The van der Waals surface area contributed by atoms with Crippen LogP contribution in [0, 0.1) is 0 Å². The second kappa shape index (κ2) is 5.93. The third-order valence-corrected chi connectivity index (χ3v) is 4.21. The van der Waals surface area contributed by atoms with E-state index in [1.165, 1.54) is 24.0 Å². The van der Waals surface area contributed by atoms with E-state index in [2.05, 4.69) is 18.2 Å². The summed E-state index contributed by atoms with van der Waals surface area (Å²) in [5.41, 5.74) is 8.76. The molecule has 1 heterocycles. The van der Waals surface area contributed by atoms with E-state index in [0.717, 1.165) is 38.0 Å². The van der Waals surface area contributed by atoms with Crippen molar-refractivity contribution in [3.05, 3.63) is 29.3 Å². The molecule has 3 heteroatoms. The van der Waals surface area contributed by atoms with Gasteiger partial charge in [-0.25, -0.2) is 0 Å². The Balaban J connectivity index is 1.69. The number of fused-ring (bicyclic) bond motifs is 1. The summed E-state index contributed by atoms with van der Waals surface area (Å²) in [5, 5.41) is 0. The van der Waals surface area contributed by atoms with Crippen LogP contribution in [0.3, 0.4) is 0 Å². The van der Waals surface area contributed by atoms with Crippen LogP contribution in [0.5, 0.6) is 5.75 Å². The van der Waals surface area contributed by atoms with E-state index in [1.54, 1.807) is 0 Å². The Kier molecular flexibility index (Phi) is 4.04. The summed E-state index contributed by atoms with van der Waals surface area (Å²) in [6.07, 6.45) is 7.16. The van der Waals surface area contributed by atoms with E-state index in [-0.39, 0.29) is 12.1 Å². The fraction of sp³-hybridized carbons (Fsp3) is 0.625. The van der Waals surface area contributed by atoms with E-state index >= 15 is 0 Å². The van der Waals surface area contributed by atoms with Crippen molar-refractivity contribution in [1.29, 1.82) is 0 Å². The van der Waals surface area contributed by atoms with Gasteiger partial charge in [-0.1, -0.05) is 12.1 Å². The van der Waals surface area contributed by atoms with Gasteiger partial charge in [0.25, 0.3) is 0 Å². The molecule has 0 aromatic heterocycles. The molecule has 3 nitrogen and oxygen atoms in total. The van der Waals surface area contributed by atoms with Crippen molar-refractivity contribution in [2.24, 2.45) is 5.73 Å². The Morgan fingerprint density at radius 3 is 3.00 bits per heavy atom. The van der Waals surface area contributed by atoms with Crippen molar-refractivity contribution >= 4 is 0 Å². The Morgan fingerprint density at radius 1 is 1.21 bits per heavy atom. The molecule has 2 atom stereocenters. The zero-order chi connectivity index (χ0) is 13.1. The number of hydrogen-bond donors (Lipinski definition) is 1.